The van der Waals surface area contributed by atoms with Gasteiger partial charge in [-0.05, 0) is 67.1 Å². The maximum atomic E-state index is 13.6. The van der Waals surface area contributed by atoms with Crippen LogP contribution in [0.4, 0.5) is 0 Å². The topological polar surface area (TPSA) is 55.8 Å². The van der Waals surface area contributed by atoms with E-state index < -0.39 is 5.60 Å². The number of carbonyl (C=O) groups excluding carboxylic acids is 1. The highest BCUT2D eigenvalue weighted by molar-refractivity contribution is 6.00. The van der Waals surface area contributed by atoms with E-state index in [1.54, 1.807) is 20.3 Å². The Morgan fingerprint density at radius 3 is 2.47 bits per heavy atom. The van der Waals surface area contributed by atoms with Crippen LogP contribution >= 0.6 is 0 Å². The standard InChI is InChI=1S/C26H38O4/c1-8-17-14-18(23(30-7)20(15-17)29-6)19(27)16-22-25(4)12-9-11-24(2,3)21(25)10-13-26(22,5)28/h8,14-15,21-22,28H,1,9-13,16H2,2-7H3/t21?,22-,25+,26-/m1/s1. The normalized spacial score (nSPS) is 32.8. The number of hydrogen-bond acceptors (Lipinski definition) is 4. The highest BCUT2D eigenvalue weighted by Gasteiger charge is 2.58. The Kier molecular flexibility index (Phi) is 6.12. The molecule has 1 aromatic rings. The molecule has 1 N–H and O–H groups in total. The van der Waals surface area contributed by atoms with E-state index in [9.17, 15) is 9.90 Å². The fraction of sp³-hybridized carbons (Fsp3) is 0.654. The van der Waals surface area contributed by atoms with Crippen molar-refractivity contribution in [2.75, 3.05) is 14.2 Å². The summed E-state index contributed by atoms with van der Waals surface area (Å²) in [5.74, 6) is 1.38. The summed E-state index contributed by atoms with van der Waals surface area (Å²) in [5, 5.41) is 11.4. The van der Waals surface area contributed by atoms with Crippen LogP contribution in [-0.4, -0.2) is 30.7 Å². The first kappa shape index (κ1) is 22.9. The average Bonchev–Trinajstić information content (AvgIpc) is 2.68. The summed E-state index contributed by atoms with van der Waals surface area (Å²) in [6.07, 6.45) is 7.17. The molecule has 1 unspecified atom stereocenters. The lowest BCUT2D eigenvalue weighted by Gasteiger charge is -2.61. The van der Waals surface area contributed by atoms with E-state index in [1.165, 1.54) is 6.42 Å². The molecule has 0 saturated heterocycles. The van der Waals surface area contributed by atoms with E-state index in [4.69, 9.17) is 9.47 Å². The summed E-state index contributed by atoms with van der Waals surface area (Å²) in [5.41, 5.74) is 0.625. The average molecular weight is 415 g/mol. The van der Waals surface area contributed by atoms with Crippen molar-refractivity contribution in [1.82, 2.24) is 0 Å². The van der Waals surface area contributed by atoms with E-state index in [-0.39, 0.29) is 22.5 Å². The minimum atomic E-state index is -0.859. The van der Waals surface area contributed by atoms with Gasteiger partial charge in [0.05, 0.1) is 25.4 Å². The van der Waals surface area contributed by atoms with Crippen LogP contribution in [0.15, 0.2) is 18.7 Å². The van der Waals surface area contributed by atoms with Gasteiger partial charge in [0.2, 0.25) is 0 Å². The molecule has 2 aliphatic rings. The van der Waals surface area contributed by atoms with Crippen molar-refractivity contribution in [2.24, 2.45) is 22.7 Å². The zero-order chi connectivity index (χ0) is 22.3. The predicted octanol–water partition coefficient (Wildman–Crippen LogP) is 5.91. The molecule has 2 fully saturated rings. The number of ketones is 1. The summed E-state index contributed by atoms with van der Waals surface area (Å²) < 4.78 is 11.0. The van der Waals surface area contributed by atoms with Gasteiger partial charge >= 0.3 is 0 Å². The maximum absolute atomic E-state index is 13.6. The van der Waals surface area contributed by atoms with Gasteiger partial charge in [-0.1, -0.05) is 39.8 Å². The molecule has 0 heterocycles. The van der Waals surface area contributed by atoms with Crippen molar-refractivity contribution in [3.63, 3.8) is 0 Å². The first-order valence-corrected chi connectivity index (χ1v) is 11.1. The number of rotatable bonds is 6. The molecule has 1 aromatic carbocycles. The Labute approximate surface area is 181 Å². The number of methoxy groups -OCH3 is 2. The quantitative estimate of drug-likeness (QED) is 0.588. The van der Waals surface area contributed by atoms with Gasteiger partial charge in [0.1, 0.15) is 0 Å². The minimum Gasteiger partial charge on any atom is -0.493 e. The molecule has 166 valence electrons. The van der Waals surface area contributed by atoms with Gasteiger partial charge in [-0.15, -0.1) is 0 Å². The Morgan fingerprint density at radius 1 is 1.17 bits per heavy atom. The van der Waals surface area contributed by atoms with Crippen LogP contribution in [0.2, 0.25) is 0 Å². The van der Waals surface area contributed by atoms with E-state index in [0.29, 0.717) is 29.4 Å². The summed E-state index contributed by atoms with van der Waals surface area (Å²) in [7, 11) is 3.13. The van der Waals surface area contributed by atoms with Gasteiger partial charge < -0.3 is 14.6 Å². The van der Waals surface area contributed by atoms with Crippen LogP contribution in [0.5, 0.6) is 11.5 Å². The Bertz CT molecular complexity index is 823. The molecular formula is C26H38O4. The molecule has 4 atom stereocenters. The second kappa shape index (κ2) is 8.03. The second-order valence-electron chi connectivity index (χ2n) is 10.5. The number of aliphatic hydroxyl groups is 1. The van der Waals surface area contributed by atoms with Crippen molar-refractivity contribution in [1.29, 1.82) is 0 Å². The number of ether oxygens (including phenoxy) is 2. The zero-order valence-corrected chi connectivity index (χ0v) is 19.5. The van der Waals surface area contributed by atoms with E-state index >= 15 is 0 Å². The molecule has 0 spiro atoms. The molecule has 3 rings (SSSR count). The van der Waals surface area contributed by atoms with Crippen molar-refractivity contribution in [2.45, 2.75) is 71.8 Å². The fourth-order valence-electron chi connectivity index (χ4n) is 6.68. The smallest absolute Gasteiger partial charge is 0.171 e. The summed E-state index contributed by atoms with van der Waals surface area (Å²) in [6.45, 7) is 12.8. The van der Waals surface area contributed by atoms with Crippen molar-refractivity contribution in [3.05, 3.63) is 29.8 Å². The molecule has 0 bridgehead atoms. The van der Waals surface area contributed by atoms with Gasteiger partial charge in [-0.2, -0.15) is 0 Å². The highest BCUT2D eigenvalue weighted by atomic mass is 16.5. The zero-order valence-electron chi connectivity index (χ0n) is 19.5. The van der Waals surface area contributed by atoms with Crippen molar-refractivity contribution in [3.8, 4) is 11.5 Å². The Balaban J connectivity index is 2.01. The Morgan fingerprint density at radius 2 is 1.87 bits per heavy atom. The molecule has 2 saturated carbocycles. The van der Waals surface area contributed by atoms with Gasteiger partial charge in [0, 0.05) is 12.3 Å². The monoisotopic (exact) mass is 414 g/mol. The minimum absolute atomic E-state index is 0.00983. The molecule has 4 heteroatoms. The van der Waals surface area contributed by atoms with Gasteiger partial charge in [0.15, 0.2) is 17.3 Å². The molecule has 4 nitrogen and oxygen atoms in total. The molecule has 30 heavy (non-hydrogen) atoms. The largest absolute Gasteiger partial charge is 0.493 e. The lowest BCUT2D eigenvalue weighted by atomic mass is 9.45. The van der Waals surface area contributed by atoms with Crippen LogP contribution in [0.3, 0.4) is 0 Å². The van der Waals surface area contributed by atoms with Crippen LogP contribution < -0.4 is 9.47 Å². The van der Waals surface area contributed by atoms with Crippen LogP contribution in [-0.2, 0) is 0 Å². The lowest BCUT2D eigenvalue weighted by Crippen LogP contribution is -2.58. The predicted molar refractivity (Wildman–Crippen MR) is 121 cm³/mol. The second-order valence-corrected chi connectivity index (χ2v) is 10.5. The van der Waals surface area contributed by atoms with Gasteiger partial charge in [-0.3, -0.25) is 4.79 Å². The van der Waals surface area contributed by atoms with E-state index in [0.717, 1.165) is 31.2 Å². The number of Topliss-reactive ketones (excluding diaryl/α,β-unsaturated/α-hetero) is 1. The highest BCUT2D eigenvalue weighted by Crippen LogP contribution is 2.62. The van der Waals surface area contributed by atoms with Crippen molar-refractivity contribution < 1.29 is 19.4 Å². The summed E-state index contributed by atoms with van der Waals surface area (Å²) >= 11 is 0. The molecule has 2 aliphatic carbocycles. The molecule has 0 aromatic heterocycles. The third-order valence-corrected chi connectivity index (χ3v) is 8.19. The SMILES string of the molecule is C=Cc1cc(OC)c(OC)c(C(=O)C[C@@H]2[C@@]3(C)CCCC(C)(C)C3CC[C@@]2(C)O)c1. The molecule has 0 amide bonds. The number of benzene rings is 1. The van der Waals surface area contributed by atoms with Crippen LogP contribution in [0.25, 0.3) is 6.08 Å². The molecule has 0 aliphatic heterocycles. The lowest BCUT2D eigenvalue weighted by molar-refractivity contribution is -0.165. The number of hydrogen-bond donors (Lipinski definition) is 1. The maximum Gasteiger partial charge on any atom is 0.171 e. The first-order valence-electron chi connectivity index (χ1n) is 11.1. The van der Waals surface area contributed by atoms with Crippen LogP contribution in [0, 0.1) is 22.7 Å². The van der Waals surface area contributed by atoms with Gasteiger partial charge in [0.25, 0.3) is 0 Å². The Hall–Kier alpha value is -1.81. The van der Waals surface area contributed by atoms with Crippen molar-refractivity contribution >= 4 is 11.9 Å². The first-order chi connectivity index (χ1) is 14.0. The number of carbonyl (C=O) groups is 1. The molecule has 0 radical (unpaired) electrons. The third-order valence-electron chi connectivity index (χ3n) is 8.19. The summed E-state index contributed by atoms with van der Waals surface area (Å²) in [4.78, 5) is 13.6. The third kappa shape index (κ3) is 3.79. The number of fused-ring (bicyclic) bond motifs is 1. The van der Waals surface area contributed by atoms with E-state index in [1.807, 2.05) is 19.1 Å². The summed E-state index contributed by atoms with van der Waals surface area (Å²) in [6, 6.07) is 3.64. The molecular weight excluding hydrogens is 376 g/mol. The fourth-order valence-corrected chi connectivity index (χ4v) is 6.68. The van der Waals surface area contributed by atoms with E-state index in [2.05, 4.69) is 27.4 Å². The van der Waals surface area contributed by atoms with Gasteiger partial charge in [-0.25, -0.2) is 0 Å². The van der Waals surface area contributed by atoms with Crippen LogP contribution in [0.1, 0.15) is 82.1 Å².